The molecule has 1 unspecified atom stereocenters. The normalized spacial score (nSPS) is 21.1. The van der Waals surface area contributed by atoms with Crippen molar-refractivity contribution in [2.24, 2.45) is 0 Å². The zero-order chi connectivity index (χ0) is 12.4. The molecule has 2 N–H and O–H groups in total. The van der Waals surface area contributed by atoms with E-state index in [2.05, 4.69) is 5.32 Å². The predicted molar refractivity (Wildman–Crippen MR) is 62.1 cm³/mol. The minimum Gasteiger partial charge on any atom is -0.459 e. The van der Waals surface area contributed by atoms with Gasteiger partial charge in [-0.3, -0.25) is 4.79 Å². The molecular formula is C12H23NO3. The predicted octanol–water partition coefficient (Wildman–Crippen LogP) is 1.22. The molecule has 1 fully saturated rings. The van der Waals surface area contributed by atoms with Gasteiger partial charge in [0.15, 0.2) is 0 Å². The van der Waals surface area contributed by atoms with Gasteiger partial charge in [-0.15, -0.1) is 0 Å². The van der Waals surface area contributed by atoms with Gasteiger partial charge in [0.25, 0.3) is 0 Å². The molecule has 0 amide bonds. The monoisotopic (exact) mass is 229 g/mol. The van der Waals surface area contributed by atoms with Crippen molar-refractivity contribution in [1.29, 1.82) is 0 Å². The van der Waals surface area contributed by atoms with E-state index < -0.39 is 11.2 Å². The molecule has 94 valence electrons. The van der Waals surface area contributed by atoms with E-state index in [0.29, 0.717) is 6.54 Å². The molecule has 1 aliphatic rings. The highest BCUT2D eigenvalue weighted by molar-refractivity contribution is 5.75. The highest BCUT2D eigenvalue weighted by atomic mass is 16.6. The second-order valence-corrected chi connectivity index (χ2v) is 5.71. The maximum absolute atomic E-state index is 11.6. The van der Waals surface area contributed by atoms with E-state index >= 15 is 0 Å². The molecule has 0 radical (unpaired) electrons. The maximum atomic E-state index is 11.6. The summed E-state index contributed by atoms with van der Waals surface area (Å²) < 4.78 is 5.23. The first-order valence-corrected chi connectivity index (χ1v) is 5.90. The molecule has 0 aromatic carbocycles. The Morgan fingerprint density at radius 2 is 2.06 bits per heavy atom. The number of carbonyl (C=O) groups excluding carboxylic acids is 1. The average molecular weight is 229 g/mol. The van der Waals surface area contributed by atoms with Gasteiger partial charge >= 0.3 is 5.97 Å². The van der Waals surface area contributed by atoms with Gasteiger partial charge in [0.1, 0.15) is 11.6 Å². The third-order valence-corrected chi connectivity index (χ3v) is 2.78. The van der Waals surface area contributed by atoms with E-state index in [0.717, 1.165) is 19.3 Å². The molecule has 1 atom stereocenters. The van der Waals surface area contributed by atoms with Crippen molar-refractivity contribution >= 4 is 5.97 Å². The highest BCUT2D eigenvalue weighted by Crippen LogP contribution is 2.30. The van der Waals surface area contributed by atoms with Gasteiger partial charge in [0.05, 0.1) is 5.60 Å². The number of hydrogen-bond donors (Lipinski definition) is 2. The third kappa shape index (κ3) is 4.10. The molecule has 16 heavy (non-hydrogen) atoms. The number of aliphatic hydroxyl groups is 1. The second-order valence-electron chi connectivity index (χ2n) is 5.71. The van der Waals surface area contributed by atoms with E-state index in [4.69, 9.17) is 4.74 Å². The van der Waals surface area contributed by atoms with Gasteiger partial charge < -0.3 is 15.2 Å². The average Bonchev–Trinajstić information content (AvgIpc) is 2.08. The molecule has 4 nitrogen and oxygen atoms in total. The van der Waals surface area contributed by atoms with Crippen molar-refractivity contribution < 1.29 is 14.6 Å². The Balaban J connectivity index is 2.29. The summed E-state index contributed by atoms with van der Waals surface area (Å²) in [7, 11) is 0. The summed E-state index contributed by atoms with van der Waals surface area (Å²) in [6.45, 7) is 7.76. The molecular weight excluding hydrogens is 206 g/mol. The van der Waals surface area contributed by atoms with Gasteiger partial charge in [0, 0.05) is 6.54 Å². The Labute approximate surface area is 97.4 Å². The van der Waals surface area contributed by atoms with Crippen LogP contribution in [0.25, 0.3) is 0 Å². The van der Waals surface area contributed by atoms with Crippen LogP contribution in [0.3, 0.4) is 0 Å². The van der Waals surface area contributed by atoms with Gasteiger partial charge in [-0.2, -0.15) is 0 Å². The van der Waals surface area contributed by atoms with Crippen LogP contribution in [0.4, 0.5) is 0 Å². The molecule has 4 heteroatoms. The van der Waals surface area contributed by atoms with Gasteiger partial charge in [0.2, 0.25) is 0 Å². The minimum atomic E-state index is -0.601. The lowest BCUT2D eigenvalue weighted by Crippen LogP contribution is -2.50. The van der Waals surface area contributed by atoms with Crippen molar-refractivity contribution in [3.63, 3.8) is 0 Å². The molecule has 0 saturated heterocycles. The molecule has 1 aliphatic carbocycles. The Bertz CT molecular complexity index is 253. The molecule has 0 aliphatic heterocycles. The van der Waals surface area contributed by atoms with Crippen LogP contribution in [0.1, 0.15) is 47.0 Å². The van der Waals surface area contributed by atoms with Crippen LogP contribution in [0.15, 0.2) is 0 Å². The van der Waals surface area contributed by atoms with Crippen LogP contribution in [0, 0.1) is 0 Å². The first-order chi connectivity index (χ1) is 7.22. The lowest BCUT2D eigenvalue weighted by Gasteiger charge is -2.37. The van der Waals surface area contributed by atoms with Crippen LogP contribution in [0.5, 0.6) is 0 Å². The van der Waals surface area contributed by atoms with Crippen LogP contribution in [-0.4, -0.2) is 34.9 Å². The van der Waals surface area contributed by atoms with Gasteiger partial charge in [-0.05, 0) is 47.0 Å². The largest absolute Gasteiger partial charge is 0.459 e. The van der Waals surface area contributed by atoms with E-state index in [-0.39, 0.29) is 12.0 Å². The van der Waals surface area contributed by atoms with E-state index in [9.17, 15) is 9.90 Å². The molecule has 0 heterocycles. The van der Waals surface area contributed by atoms with Crippen molar-refractivity contribution in [1.82, 2.24) is 5.32 Å². The van der Waals surface area contributed by atoms with Gasteiger partial charge in [-0.25, -0.2) is 0 Å². The van der Waals surface area contributed by atoms with Gasteiger partial charge in [-0.1, -0.05) is 0 Å². The zero-order valence-electron chi connectivity index (χ0n) is 10.7. The number of ether oxygens (including phenoxy) is 1. The van der Waals surface area contributed by atoms with E-state index in [1.165, 1.54) is 0 Å². The van der Waals surface area contributed by atoms with Crippen LogP contribution in [0.2, 0.25) is 0 Å². The van der Waals surface area contributed by atoms with E-state index in [1.54, 1.807) is 6.92 Å². The topological polar surface area (TPSA) is 58.6 Å². The van der Waals surface area contributed by atoms with Crippen molar-refractivity contribution in [2.75, 3.05) is 6.54 Å². The molecule has 1 saturated carbocycles. The van der Waals surface area contributed by atoms with E-state index in [1.807, 2.05) is 20.8 Å². The lowest BCUT2D eigenvalue weighted by atomic mass is 9.80. The van der Waals surface area contributed by atoms with Crippen LogP contribution >= 0.6 is 0 Å². The Kier molecular flexibility index (Phi) is 3.97. The quantitative estimate of drug-likeness (QED) is 0.712. The lowest BCUT2D eigenvalue weighted by molar-refractivity contribution is -0.157. The minimum absolute atomic E-state index is 0.268. The van der Waals surface area contributed by atoms with Crippen LogP contribution in [-0.2, 0) is 9.53 Å². The second kappa shape index (κ2) is 4.72. The fraction of sp³-hybridized carbons (Fsp3) is 0.917. The molecule has 0 aromatic rings. The molecule has 0 bridgehead atoms. The number of nitrogens with one attached hydrogen (secondary N) is 1. The van der Waals surface area contributed by atoms with Crippen molar-refractivity contribution in [3.8, 4) is 0 Å². The Morgan fingerprint density at radius 3 is 2.44 bits per heavy atom. The first-order valence-electron chi connectivity index (χ1n) is 5.90. The highest BCUT2D eigenvalue weighted by Gasteiger charge is 2.35. The summed E-state index contributed by atoms with van der Waals surface area (Å²) in [5.74, 6) is -0.268. The summed E-state index contributed by atoms with van der Waals surface area (Å²) in [5, 5.41) is 12.9. The molecule has 0 spiro atoms. The summed E-state index contributed by atoms with van der Waals surface area (Å²) in [6, 6.07) is -0.371. The standard InChI is InChI=1S/C12H23NO3/c1-9(10(14)16-11(2,3)4)13-8-12(15)6-5-7-12/h9,13,15H,5-8H2,1-4H3. The maximum Gasteiger partial charge on any atom is 0.323 e. The first kappa shape index (κ1) is 13.5. The number of hydrogen-bond acceptors (Lipinski definition) is 4. The number of esters is 1. The Hall–Kier alpha value is -0.610. The fourth-order valence-electron chi connectivity index (χ4n) is 1.58. The molecule has 1 rings (SSSR count). The SMILES string of the molecule is CC(NCC1(O)CCC1)C(=O)OC(C)(C)C. The van der Waals surface area contributed by atoms with Crippen LogP contribution < -0.4 is 5.32 Å². The number of rotatable bonds is 4. The third-order valence-electron chi connectivity index (χ3n) is 2.78. The van der Waals surface area contributed by atoms with Crippen molar-refractivity contribution in [3.05, 3.63) is 0 Å². The fourth-order valence-corrected chi connectivity index (χ4v) is 1.58. The summed E-state index contributed by atoms with van der Waals surface area (Å²) in [4.78, 5) is 11.6. The number of carbonyl (C=O) groups is 1. The summed E-state index contributed by atoms with van der Waals surface area (Å²) in [5.41, 5.74) is -1.06. The zero-order valence-corrected chi connectivity index (χ0v) is 10.7. The molecule has 0 aromatic heterocycles. The van der Waals surface area contributed by atoms with Crippen molar-refractivity contribution in [2.45, 2.75) is 64.2 Å². The summed E-state index contributed by atoms with van der Waals surface area (Å²) >= 11 is 0. The Morgan fingerprint density at radius 1 is 1.50 bits per heavy atom. The summed E-state index contributed by atoms with van der Waals surface area (Å²) in [6.07, 6.45) is 2.71. The smallest absolute Gasteiger partial charge is 0.323 e.